The number of benzene rings is 8. The number of nitrogens with one attached hydrogen (secondary N) is 2. The Bertz CT molecular complexity index is 3350. The summed E-state index contributed by atoms with van der Waals surface area (Å²) in [5, 5.41) is 6.29. The summed E-state index contributed by atoms with van der Waals surface area (Å²) < 4.78 is -0.352. The van der Waals surface area contributed by atoms with Gasteiger partial charge in [-0.2, -0.15) is 0 Å². The fourth-order valence-electron chi connectivity index (χ4n) is 9.84. The quantitative estimate of drug-likeness (QED) is 0.0607. The minimum absolute atomic E-state index is 0.0543. The van der Waals surface area contributed by atoms with Gasteiger partial charge in [-0.25, -0.2) is 0 Å². The molecule has 0 saturated carbocycles. The van der Waals surface area contributed by atoms with Crippen molar-refractivity contribution in [2.24, 2.45) is 5.41 Å². The Morgan fingerprint density at radius 3 is 1.40 bits per heavy atom. The molecule has 0 radical (unpaired) electrons. The summed E-state index contributed by atoms with van der Waals surface area (Å²) in [6.07, 6.45) is 0. The number of nitrogens with two attached hydrogens (primary N) is 2. The number of nitrogen functional groups attached to an aromatic ring is 2. The van der Waals surface area contributed by atoms with Crippen molar-refractivity contribution < 1.29 is 19.2 Å². The van der Waals surface area contributed by atoms with Crippen LogP contribution in [0.25, 0.3) is 22.3 Å². The van der Waals surface area contributed by atoms with Gasteiger partial charge in [-0.15, -0.1) is 11.8 Å². The number of amides is 2. The molecule has 6 N–H and O–H groups in total. The number of fused-ring (bicyclic) bond motifs is 3. The van der Waals surface area contributed by atoms with E-state index in [1.54, 1.807) is 60.3 Å². The molecular formula is C63H58N4O4S. The summed E-state index contributed by atoms with van der Waals surface area (Å²) in [5.41, 5.74) is 27.6. The van der Waals surface area contributed by atoms with E-state index in [4.69, 9.17) is 11.5 Å². The van der Waals surface area contributed by atoms with E-state index in [0.717, 1.165) is 50.4 Å². The van der Waals surface area contributed by atoms with E-state index >= 15 is 0 Å². The fourth-order valence-corrected chi connectivity index (χ4v) is 10.8. The van der Waals surface area contributed by atoms with Gasteiger partial charge in [0.1, 0.15) is 0 Å². The number of thioether (sulfide) groups is 1. The number of Topliss-reactive ketones (excluding diaryl/α,β-unsaturated/α-hetero) is 2. The van der Waals surface area contributed by atoms with Gasteiger partial charge in [-0.05, 0) is 149 Å². The summed E-state index contributed by atoms with van der Waals surface area (Å²) in [5.74, 6) is -0.251. The highest BCUT2D eigenvalue weighted by molar-refractivity contribution is 8.09. The van der Waals surface area contributed by atoms with Crippen molar-refractivity contribution in [2.45, 2.75) is 63.9 Å². The fraction of sp³-hybridized carbons (Fsp3) is 0.175. The van der Waals surface area contributed by atoms with E-state index in [0.29, 0.717) is 33.2 Å². The van der Waals surface area contributed by atoms with Crippen LogP contribution in [0, 0.1) is 19.3 Å². The molecule has 10 rings (SSSR count). The second kappa shape index (κ2) is 19.3. The number of hydrogen-bond acceptors (Lipinski definition) is 7. The van der Waals surface area contributed by atoms with E-state index in [-0.39, 0.29) is 28.1 Å². The molecule has 2 aliphatic rings. The highest BCUT2D eigenvalue weighted by atomic mass is 32.2. The summed E-state index contributed by atoms with van der Waals surface area (Å²) in [4.78, 5) is 51.0. The minimum Gasteiger partial charge on any atom is -0.399 e. The van der Waals surface area contributed by atoms with Crippen LogP contribution in [0.3, 0.4) is 0 Å². The van der Waals surface area contributed by atoms with Gasteiger partial charge in [0.15, 0.2) is 11.6 Å². The zero-order valence-electron chi connectivity index (χ0n) is 41.6. The van der Waals surface area contributed by atoms with Crippen LogP contribution in [0.2, 0.25) is 0 Å². The molecular weight excluding hydrogens is 909 g/mol. The average molecular weight is 967 g/mol. The summed E-state index contributed by atoms with van der Waals surface area (Å²) in [6, 6.07) is 58.9. The topological polar surface area (TPSA) is 144 Å². The number of hydrogen-bond donors (Lipinski definition) is 4. The molecule has 72 heavy (non-hydrogen) atoms. The van der Waals surface area contributed by atoms with Crippen LogP contribution in [0.1, 0.15) is 109 Å². The number of carbonyl (C=O) groups is 4. The molecule has 8 aromatic rings. The number of carbonyl (C=O) groups excluding carboxylic acids is 4. The molecule has 2 atom stereocenters. The number of ketones is 2. The monoisotopic (exact) mass is 966 g/mol. The molecule has 0 bridgehead atoms. The highest BCUT2D eigenvalue weighted by Crippen LogP contribution is 2.56. The lowest BCUT2D eigenvalue weighted by atomic mass is 9.67. The molecule has 1 saturated heterocycles. The molecule has 1 fully saturated rings. The summed E-state index contributed by atoms with van der Waals surface area (Å²) in [7, 11) is 0. The SMILES string of the molecule is CC1SC1(C)C(=O)c1ccc(C(=O)Nc2ccc(C3(c4ccc(N)cc4)c4ccccc4-c4ccccc43)cc2)cc1.Cc1cc(N)ccc1-c1ccc(NC(=O)c2ccc(C(=O)C(C)(C)C)cc2)cc1C. The summed E-state index contributed by atoms with van der Waals surface area (Å²) in [6.45, 7) is 13.8. The van der Waals surface area contributed by atoms with Gasteiger partial charge in [0.05, 0.1) is 10.2 Å². The number of rotatable bonds is 10. The third-order valence-electron chi connectivity index (χ3n) is 14.0. The van der Waals surface area contributed by atoms with Crippen LogP contribution < -0.4 is 22.1 Å². The van der Waals surface area contributed by atoms with E-state index in [9.17, 15) is 19.2 Å². The first-order chi connectivity index (χ1) is 34.4. The predicted molar refractivity (Wildman–Crippen MR) is 296 cm³/mol. The largest absolute Gasteiger partial charge is 0.399 e. The molecule has 360 valence electrons. The Labute approximate surface area is 426 Å². The molecule has 8 aromatic carbocycles. The van der Waals surface area contributed by atoms with Crippen LogP contribution >= 0.6 is 11.8 Å². The maximum absolute atomic E-state index is 13.1. The molecule has 1 aliphatic heterocycles. The molecule has 0 aromatic heterocycles. The zero-order chi connectivity index (χ0) is 51.1. The van der Waals surface area contributed by atoms with Crippen molar-refractivity contribution in [1.82, 2.24) is 0 Å². The second-order valence-electron chi connectivity index (χ2n) is 20.0. The lowest BCUT2D eigenvalue weighted by Gasteiger charge is -2.34. The zero-order valence-corrected chi connectivity index (χ0v) is 42.4. The van der Waals surface area contributed by atoms with Crippen LogP contribution in [0.4, 0.5) is 22.7 Å². The summed E-state index contributed by atoms with van der Waals surface area (Å²) >= 11 is 1.68. The number of anilines is 4. The van der Waals surface area contributed by atoms with Gasteiger partial charge in [0, 0.05) is 55.7 Å². The van der Waals surface area contributed by atoms with Crippen molar-refractivity contribution in [3.8, 4) is 22.3 Å². The van der Waals surface area contributed by atoms with Gasteiger partial charge in [-0.3, -0.25) is 19.2 Å². The van der Waals surface area contributed by atoms with Gasteiger partial charge in [0.25, 0.3) is 11.8 Å². The number of aryl methyl sites for hydroxylation is 2. The van der Waals surface area contributed by atoms with E-state index in [2.05, 4.69) is 90.4 Å². The van der Waals surface area contributed by atoms with Gasteiger partial charge in [-0.1, -0.05) is 137 Å². The molecule has 8 nitrogen and oxygen atoms in total. The van der Waals surface area contributed by atoms with Crippen LogP contribution in [0.15, 0.2) is 182 Å². The average Bonchev–Trinajstić information content (AvgIpc) is 3.89. The molecule has 9 heteroatoms. The Balaban J connectivity index is 0.000000189. The third kappa shape index (κ3) is 9.36. The smallest absolute Gasteiger partial charge is 0.255 e. The standard InChI is InChI=1S/C37H30N2O2S.C26H28N2O2/c1-23-36(2,42-23)34(40)24-11-13-25(14-12-24)35(41)39-29-21-17-27(18-22-29)37(26-15-19-28(38)20-16-26)32-9-5-3-7-30(32)31-8-4-6-10-33(31)37;1-16-14-20(27)10-12-22(16)23-13-11-21(15-17(23)2)28-25(30)19-8-6-18(7-9-19)24(29)26(3,4)5/h3-23H,38H2,1-2H3,(H,39,41);6-15H,27H2,1-5H3,(H,28,30). The Morgan fingerprint density at radius 1 is 0.500 bits per heavy atom. The van der Waals surface area contributed by atoms with Crippen LogP contribution in [0.5, 0.6) is 0 Å². The Morgan fingerprint density at radius 2 is 0.917 bits per heavy atom. The van der Waals surface area contributed by atoms with Crippen LogP contribution in [-0.4, -0.2) is 33.4 Å². The van der Waals surface area contributed by atoms with Crippen LogP contribution in [-0.2, 0) is 5.41 Å². The first-order valence-electron chi connectivity index (χ1n) is 24.1. The molecule has 1 aliphatic carbocycles. The van der Waals surface area contributed by atoms with Gasteiger partial charge >= 0.3 is 0 Å². The molecule has 2 amide bonds. The van der Waals surface area contributed by atoms with Crippen molar-refractivity contribution in [3.05, 3.63) is 238 Å². The maximum atomic E-state index is 13.1. The Kier molecular flexibility index (Phi) is 13.1. The van der Waals surface area contributed by atoms with Crippen molar-refractivity contribution in [3.63, 3.8) is 0 Å². The van der Waals surface area contributed by atoms with Crippen molar-refractivity contribution in [1.29, 1.82) is 0 Å². The van der Waals surface area contributed by atoms with Crippen molar-refractivity contribution in [2.75, 3.05) is 22.1 Å². The third-order valence-corrected chi connectivity index (χ3v) is 15.6. The van der Waals surface area contributed by atoms with Crippen molar-refractivity contribution >= 4 is 57.9 Å². The van der Waals surface area contributed by atoms with E-state index < -0.39 is 10.8 Å². The Hall–Kier alpha value is -8.01. The molecule has 0 spiro atoms. The van der Waals surface area contributed by atoms with Gasteiger partial charge in [0.2, 0.25) is 0 Å². The van der Waals surface area contributed by atoms with E-state index in [1.165, 1.54) is 22.3 Å². The first kappa shape index (κ1) is 49.0. The lowest BCUT2D eigenvalue weighted by Crippen LogP contribution is -2.28. The normalized spacial score (nSPS) is 16.0. The first-order valence-corrected chi connectivity index (χ1v) is 25.0. The molecule has 1 heterocycles. The van der Waals surface area contributed by atoms with Gasteiger partial charge < -0.3 is 22.1 Å². The maximum Gasteiger partial charge on any atom is 0.255 e. The molecule has 2 unspecified atom stereocenters. The highest BCUT2D eigenvalue weighted by Gasteiger charge is 2.54. The van der Waals surface area contributed by atoms with E-state index in [1.807, 2.05) is 102 Å². The lowest BCUT2D eigenvalue weighted by molar-refractivity contribution is 0.0857. The predicted octanol–water partition coefficient (Wildman–Crippen LogP) is 14.0. The minimum atomic E-state index is -0.528. The second-order valence-corrected chi connectivity index (χ2v) is 21.8.